The van der Waals surface area contributed by atoms with Crippen LogP contribution in [-0.4, -0.2) is 23.4 Å². The minimum Gasteiger partial charge on any atom is -0.482 e. The molecule has 6 nitrogen and oxygen atoms in total. The highest BCUT2D eigenvalue weighted by Gasteiger charge is 2.25. The van der Waals surface area contributed by atoms with Crippen molar-refractivity contribution in [3.8, 4) is 5.75 Å². The third kappa shape index (κ3) is 4.27. The molecule has 0 saturated heterocycles. The van der Waals surface area contributed by atoms with Crippen LogP contribution in [0.5, 0.6) is 5.75 Å². The average molecular weight is 387 g/mol. The number of benzene rings is 2. The lowest BCUT2D eigenvalue weighted by Gasteiger charge is -2.29. The number of rotatable bonds is 5. The number of aryl methyl sites for hydroxylation is 1. The summed E-state index contributed by atoms with van der Waals surface area (Å²) in [6, 6.07) is 16.8. The summed E-state index contributed by atoms with van der Waals surface area (Å²) in [5.41, 5.74) is 4.31. The zero-order chi connectivity index (χ0) is 20.2. The van der Waals surface area contributed by atoms with Gasteiger partial charge in [0.25, 0.3) is 11.8 Å². The molecule has 0 bridgehead atoms. The van der Waals surface area contributed by atoms with Crippen LogP contribution in [0.3, 0.4) is 0 Å². The van der Waals surface area contributed by atoms with Crippen LogP contribution >= 0.6 is 0 Å². The van der Waals surface area contributed by atoms with Crippen molar-refractivity contribution in [2.24, 2.45) is 0 Å². The van der Waals surface area contributed by atoms with Gasteiger partial charge in [0.05, 0.1) is 12.2 Å². The van der Waals surface area contributed by atoms with E-state index in [1.54, 1.807) is 29.4 Å². The van der Waals surface area contributed by atoms with Crippen molar-refractivity contribution in [1.29, 1.82) is 0 Å². The Balaban J connectivity index is 1.43. The summed E-state index contributed by atoms with van der Waals surface area (Å²) in [7, 11) is 0. The lowest BCUT2D eigenvalue weighted by molar-refractivity contribution is -0.121. The fraction of sp³-hybridized carbons (Fsp3) is 0.174. The smallest absolute Gasteiger partial charge is 0.265 e. The van der Waals surface area contributed by atoms with E-state index in [4.69, 9.17) is 4.74 Å². The van der Waals surface area contributed by atoms with Crippen molar-refractivity contribution >= 4 is 17.5 Å². The molecule has 2 heterocycles. The molecule has 6 heteroatoms. The van der Waals surface area contributed by atoms with Gasteiger partial charge in [-0.15, -0.1) is 0 Å². The first-order valence-electron chi connectivity index (χ1n) is 9.40. The first-order valence-corrected chi connectivity index (χ1v) is 9.40. The molecule has 29 heavy (non-hydrogen) atoms. The third-order valence-corrected chi connectivity index (χ3v) is 4.79. The molecule has 0 radical (unpaired) electrons. The summed E-state index contributed by atoms with van der Waals surface area (Å²) in [5.74, 6) is 0.485. The molecule has 2 aromatic carbocycles. The number of hydrogen-bond donors (Lipinski definition) is 1. The maximum absolute atomic E-state index is 12.4. The molecule has 1 N–H and O–H groups in total. The molecule has 1 aliphatic heterocycles. The molecule has 146 valence electrons. The van der Waals surface area contributed by atoms with E-state index in [1.165, 1.54) is 0 Å². The number of hydrogen-bond acceptors (Lipinski definition) is 4. The number of nitrogens with zero attached hydrogens (tertiary/aromatic N) is 2. The van der Waals surface area contributed by atoms with Crippen LogP contribution < -0.4 is 15.0 Å². The number of amides is 2. The summed E-state index contributed by atoms with van der Waals surface area (Å²) in [6.07, 6.45) is 3.42. The van der Waals surface area contributed by atoms with Gasteiger partial charge in [-0.25, -0.2) is 0 Å². The lowest BCUT2D eigenvalue weighted by Crippen LogP contribution is -2.38. The number of anilines is 1. The second-order valence-electron chi connectivity index (χ2n) is 6.98. The minimum absolute atomic E-state index is 0.0330. The highest BCUT2D eigenvalue weighted by atomic mass is 16.5. The Kier molecular flexibility index (Phi) is 5.24. The van der Waals surface area contributed by atoms with Crippen molar-refractivity contribution in [2.75, 3.05) is 11.5 Å². The van der Waals surface area contributed by atoms with Gasteiger partial charge in [0.2, 0.25) is 0 Å². The number of ether oxygens (including phenoxy) is 1. The van der Waals surface area contributed by atoms with Crippen molar-refractivity contribution in [3.05, 3.63) is 89.2 Å². The van der Waals surface area contributed by atoms with Crippen LogP contribution in [-0.2, 0) is 17.9 Å². The molecule has 2 amide bonds. The zero-order valence-corrected chi connectivity index (χ0v) is 16.1. The van der Waals surface area contributed by atoms with Gasteiger partial charge in [-0.05, 0) is 53.9 Å². The van der Waals surface area contributed by atoms with Crippen molar-refractivity contribution < 1.29 is 14.3 Å². The van der Waals surface area contributed by atoms with Crippen LogP contribution in [0.1, 0.15) is 27.0 Å². The molecule has 0 fully saturated rings. The van der Waals surface area contributed by atoms with Crippen LogP contribution in [0.2, 0.25) is 0 Å². The van der Waals surface area contributed by atoms with E-state index in [1.807, 2.05) is 49.4 Å². The fourth-order valence-corrected chi connectivity index (χ4v) is 3.22. The summed E-state index contributed by atoms with van der Waals surface area (Å²) in [5, 5.41) is 2.88. The highest BCUT2D eigenvalue weighted by Crippen LogP contribution is 2.33. The van der Waals surface area contributed by atoms with E-state index in [2.05, 4.69) is 10.3 Å². The first-order chi connectivity index (χ1) is 14.1. The van der Waals surface area contributed by atoms with Gasteiger partial charge in [0, 0.05) is 24.5 Å². The molecule has 4 rings (SSSR count). The quantitative estimate of drug-likeness (QED) is 0.730. The Labute approximate surface area is 169 Å². The monoisotopic (exact) mass is 387 g/mol. The zero-order valence-electron chi connectivity index (χ0n) is 16.1. The maximum atomic E-state index is 12.4. The molecule has 0 unspecified atom stereocenters. The van der Waals surface area contributed by atoms with E-state index >= 15 is 0 Å². The summed E-state index contributed by atoms with van der Waals surface area (Å²) < 4.78 is 5.55. The van der Waals surface area contributed by atoms with E-state index in [0.717, 1.165) is 28.1 Å². The summed E-state index contributed by atoms with van der Waals surface area (Å²) in [4.78, 5) is 30.5. The standard InChI is InChI=1S/C23H21N3O3/c1-16-4-9-20-21(11-16)29-15-22(27)26(20)14-17-5-7-19(8-6-17)23(28)25-13-18-3-2-10-24-12-18/h2-12H,13-15H2,1H3,(H,25,28). The largest absolute Gasteiger partial charge is 0.482 e. The van der Waals surface area contributed by atoms with Gasteiger partial charge in [-0.1, -0.05) is 24.3 Å². The van der Waals surface area contributed by atoms with Gasteiger partial charge in [0.15, 0.2) is 6.61 Å². The molecule has 0 spiro atoms. The van der Waals surface area contributed by atoms with Gasteiger partial charge >= 0.3 is 0 Å². The SMILES string of the molecule is Cc1ccc2c(c1)OCC(=O)N2Cc1ccc(C(=O)NCc2cccnc2)cc1. The molecule has 0 saturated carbocycles. The van der Waals surface area contributed by atoms with Gasteiger partial charge in [0.1, 0.15) is 5.75 Å². The Morgan fingerprint density at radius 1 is 1.14 bits per heavy atom. The van der Waals surface area contributed by atoms with Crippen LogP contribution in [0, 0.1) is 6.92 Å². The fourth-order valence-electron chi connectivity index (χ4n) is 3.22. The Bertz CT molecular complexity index is 1030. The second kappa shape index (κ2) is 8.14. The van der Waals surface area contributed by atoms with Crippen molar-refractivity contribution in [1.82, 2.24) is 10.3 Å². The molecule has 1 aliphatic rings. The number of carbonyl (C=O) groups excluding carboxylic acids is 2. The van der Waals surface area contributed by atoms with Crippen molar-refractivity contribution in [3.63, 3.8) is 0 Å². The first kappa shape index (κ1) is 18.7. The lowest BCUT2D eigenvalue weighted by atomic mass is 10.1. The van der Waals surface area contributed by atoms with E-state index in [9.17, 15) is 9.59 Å². The summed E-state index contributed by atoms with van der Waals surface area (Å²) >= 11 is 0. The third-order valence-electron chi connectivity index (χ3n) is 4.79. The number of carbonyl (C=O) groups is 2. The normalized spacial score (nSPS) is 12.9. The number of fused-ring (bicyclic) bond motifs is 1. The predicted molar refractivity (Wildman–Crippen MR) is 110 cm³/mol. The Morgan fingerprint density at radius 2 is 1.97 bits per heavy atom. The van der Waals surface area contributed by atoms with Crippen LogP contribution in [0.15, 0.2) is 67.0 Å². The van der Waals surface area contributed by atoms with E-state index in [-0.39, 0.29) is 18.4 Å². The van der Waals surface area contributed by atoms with Crippen LogP contribution in [0.4, 0.5) is 5.69 Å². The molecule has 1 aromatic heterocycles. The number of nitrogens with one attached hydrogen (secondary N) is 1. The average Bonchev–Trinajstić information content (AvgIpc) is 2.75. The number of aromatic nitrogens is 1. The minimum atomic E-state index is -0.149. The molecule has 0 aliphatic carbocycles. The Hall–Kier alpha value is -3.67. The second-order valence-corrected chi connectivity index (χ2v) is 6.98. The predicted octanol–water partition coefficient (Wildman–Crippen LogP) is 3.25. The molecular weight excluding hydrogens is 366 g/mol. The highest BCUT2D eigenvalue weighted by molar-refractivity contribution is 5.98. The Morgan fingerprint density at radius 3 is 2.72 bits per heavy atom. The molecule has 3 aromatic rings. The van der Waals surface area contributed by atoms with Crippen molar-refractivity contribution in [2.45, 2.75) is 20.0 Å². The van der Waals surface area contributed by atoms with E-state index in [0.29, 0.717) is 18.7 Å². The maximum Gasteiger partial charge on any atom is 0.265 e. The van der Waals surface area contributed by atoms with Gasteiger partial charge in [-0.2, -0.15) is 0 Å². The molecular formula is C23H21N3O3. The van der Waals surface area contributed by atoms with Crippen LogP contribution in [0.25, 0.3) is 0 Å². The molecule has 0 atom stereocenters. The van der Waals surface area contributed by atoms with Gasteiger partial charge in [-0.3, -0.25) is 14.6 Å². The summed E-state index contributed by atoms with van der Waals surface area (Å²) in [6.45, 7) is 2.87. The topological polar surface area (TPSA) is 71.5 Å². The van der Waals surface area contributed by atoms with Gasteiger partial charge < -0.3 is 15.0 Å². The van der Waals surface area contributed by atoms with E-state index < -0.39 is 0 Å². The number of pyridine rings is 1.